The zero-order valence-electron chi connectivity index (χ0n) is 9.39. The van der Waals surface area contributed by atoms with Crippen molar-refractivity contribution in [3.63, 3.8) is 0 Å². The van der Waals surface area contributed by atoms with Gasteiger partial charge < -0.3 is 0 Å². The number of allylic oxidation sites excluding steroid dienone is 1. The van der Waals surface area contributed by atoms with Crippen LogP contribution in [0.25, 0.3) is 0 Å². The highest BCUT2D eigenvalue weighted by Crippen LogP contribution is 2.27. The van der Waals surface area contributed by atoms with E-state index in [-0.39, 0.29) is 6.04 Å². The number of hydrogen-bond donors (Lipinski definition) is 2. The van der Waals surface area contributed by atoms with E-state index in [1.165, 1.54) is 24.8 Å². The molecule has 0 radical (unpaired) electrons. The molecule has 1 aliphatic rings. The molecule has 16 heavy (non-hydrogen) atoms. The first-order valence-electron chi connectivity index (χ1n) is 5.82. The van der Waals surface area contributed by atoms with Crippen LogP contribution in [-0.2, 0) is 0 Å². The van der Waals surface area contributed by atoms with Crippen molar-refractivity contribution >= 4 is 0 Å². The van der Waals surface area contributed by atoms with Crippen LogP contribution in [0.1, 0.15) is 43.7 Å². The Bertz CT molecular complexity index is 347. The van der Waals surface area contributed by atoms with Crippen molar-refractivity contribution < 1.29 is 0 Å². The zero-order chi connectivity index (χ0) is 11.2. The van der Waals surface area contributed by atoms with E-state index in [0.29, 0.717) is 0 Å². The molecule has 0 aromatic carbocycles. The molecule has 1 heterocycles. The van der Waals surface area contributed by atoms with Crippen molar-refractivity contribution in [1.29, 1.82) is 0 Å². The quantitative estimate of drug-likeness (QED) is 0.462. The van der Waals surface area contributed by atoms with Gasteiger partial charge in [0.2, 0.25) is 0 Å². The van der Waals surface area contributed by atoms with Gasteiger partial charge in [-0.15, -0.1) is 0 Å². The van der Waals surface area contributed by atoms with Crippen LogP contribution in [0.5, 0.6) is 0 Å². The van der Waals surface area contributed by atoms with Crippen LogP contribution in [-0.4, -0.2) is 9.97 Å². The molecule has 1 aliphatic carbocycles. The highest BCUT2D eigenvalue weighted by Gasteiger charge is 2.16. The maximum atomic E-state index is 5.64. The first kappa shape index (κ1) is 11.2. The van der Waals surface area contributed by atoms with Gasteiger partial charge in [-0.2, -0.15) is 0 Å². The van der Waals surface area contributed by atoms with Crippen LogP contribution in [0, 0.1) is 0 Å². The summed E-state index contributed by atoms with van der Waals surface area (Å²) in [6.45, 7) is 0. The highest BCUT2D eigenvalue weighted by atomic mass is 15.2. The molecule has 4 nitrogen and oxygen atoms in total. The second kappa shape index (κ2) is 5.72. The molecule has 4 heteroatoms. The first-order chi connectivity index (χ1) is 7.92. The van der Waals surface area contributed by atoms with Gasteiger partial charge in [0.25, 0.3) is 0 Å². The topological polar surface area (TPSA) is 63.8 Å². The Morgan fingerprint density at radius 3 is 2.75 bits per heavy atom. The molecule has 2 rings (SSSR count). The standard InChI is InChI=1S/C12H18N4/c13-16-12(11-7-14-9-15-8-11)10-5-3-1-2-4-6-10/h5,7-9,12,16H,1-4,6,13H2. The molecule has 0 aliphatic heterocycles. The molecule has 1 aromatic heterocycles. The molecule has 0 saturated heterocycles. The molecule has 1 aromatic rings. The highest BCUT2D eigenvalue weighted by molar-refractivity contribution is 5.24. The van der Waals surface area contributed by atoms with E-state index in [9.17, 15) is 0 Å². The van der Waals surface area contributed by atoms with Crippen LogP contribution >= 0.6 is 0 Å². The summed E-state index contributed by atoms with van der Waals surface area (Å²) in [7, 11) is 0. The van der Waals surface area contributed by atoms with Crippen LogP contribution in [0.15, 0.2) is 30.4 Å². The Labute approximate surface area is 96.0 Å². The summed E-state index contributed by atoms with van der Waals surface area (Å²) in [4.78, 5) is 8.08. The third-order valence-corrected chi connectivity index (χ3v) is 3.03. The summed E-state index contributed by atoms with van der Waals surface area (Å²) in [6.07, 6.45) is 13.6. The largest absolute Gasteiger partial charge is 0.271 e. The summed E-state index contributed by atoms with van der Waals surface area (Å²) >= 11 is 0. The van der Waals surface area contributed by atoms with Gasteiger partial charge in [0.05, 0.1) is 6.04 Å². The number of nitrogens with one attached hydrogen (secondary N) is 1. The Morgan fingerprint density at radius 1 is 1.19 bits per heavy atom. The van der Waals surface area contributed by atoms with Gasteiger partial charge in [0.1, 0.15) is 6.33 Å². The maximum Gasteiger partial charge on any atom is 0.115 e. The molecule has 0 saturated carbocycles. The SMILES string of the molecule is NNC(C1=CCCCCC1)c1cncnc1. The van der Waals surface area contributed by atoms with Crippen molar-refractivity contribution in [2.75, 3.05) is 0 Å². The van der Waals surface area contributed by atoms with Gasteiger partial charge in [-0.1, -0.05) is 18.1 Å². The minimum absolute atomic E-state index is 0.0688. The summed E-state index contributed by atoms with van der Waals surface area (Å²) < 4.78 is 0. The molecule has 86 valence electrons. The van der Waals surface area contributed by atoms with E-state index in [1.807, 2.05) is 12.4 Å². The Kier molecular flexibility index (Phi) is 4.02. The van der Waals surface area contributed by atoms with Gasteiger partial charge in [0, 0.05) is 18.0 Å². The fraction of sp³-hybridized carbons (Fsp3) is 0.500. The first-order valence-corrected chi connectivity index (χ1v) is 5.82. The number of nitrogens with zero attached hydrogens (tertiary/aromatic N) is 2. The number of hydrogen-bond acceptors (Lipinski definition) is 4. The molecule has 1 unspecified atom stereocenters. The maximum absolute atomic E-state index is 5.64. The van der Waals surface area contributed by atoms with Gasteiger partial charge in [-0.05, 0) is 25.7 Å². The second-order valence-corrected chi connectivity index (χ2v) is 4.15. The zero-order valence-corrected chi connectivity index (χ0v) is 9.39. The van der Waals surface area contributed by atoms with E-state index >= 15 is 0 Å². The summed E-state index contributed by atoms with van der Waals surface area (Å²) in [6, 6.07) is 0.0688. The number of aromatic nitrogens is 2. The molecule has 0 amide bonds. The van der Waals surface area contributed by atoms with Crippen LogP contribution in [0.2, 0.25) is 0 Å². The monoisotopic (exact) mass is 218 g/mol. The van der Waals surface area contributed by atoms with Gasteiger partial charge >= 0.3 is 0 Å². The average molecular weight is 218 g/mol. The van der Waals surface area contributed by atoms with Gasteiger partial charge in [-0.3, -0.25) is 5.84 Å². The lowest BCUT2D eigenvalue weighted by Crippen LogP contribution is -2.29. The minimum Gasteiger partial charge on any atom is -0.271 e. The van der Waals surface area contributed by atoms with E-state index in [1.54, 1.807) is 6.33 Å². The smallest absolute Gasteiger partial charge is 0.115 e. The minimum atomic E-state index is 0.0688. The van der Waals surface area contributed by atoms with E-state index in [4.69, 9.17) is 5.84 Å². The molecule has 0 fully saturated rings. The fourth-order valence-corrected chi connectivity index (χ4v) is 2.18. The molecular weight excluding hydrogens is 200 g/mol. The lowest BCUT2D eigenvalue weighted by molar-refractivity contribution is 0.589. The van der Waals surface area contributed by atoms with Crippen molar-refractivity contribution in [1.82, 2.24) is 15.4 Å². The normalized spacial score (nSPS) is 18.7. The summed E-state index contributed by atoms with van der Waals surface area (Å²) in [5.74, 6) is 5.64. The van der Waals surface area contributed by atoms with E-state index in [2.05, 4.69) is 21.5 Å². The Hall–Kier alpha value is -1.26. The fourth-order valence-electron chi connectivity index (χ4n) is 2.18. The summed E-state index contributed by atoms with van der Waals surface area (Å²) in [5, 5.41) is 0. The third-order valence-electron chi connectivity index (χ3n) is 3.03. The number of nitrogens with two attached hydrogens (primary N) is 1. The predicted octanol–water partition coefficient (Wildman–Crippen LogP) is 1.87. The number of hydrazine groups is 1. The Morgan fingerprint density at radius 2 is 2.00 bits per heavy atom. The molecule has 3 N–H and O–H groups in total. The average Bonchev–Trinajstić information content (AvgIpc) is 2.61. The van der Waals surface area contributed by atoms with Gasteiger partial charge in [0.15, 0.2) is 0 Å². The molecular formula is C12H18N4. The molecule has 0 spiro atoms. The Balaban J connectivity index is 2.18. The lowest BCUT2D eigenvalue weighted by Gasteiger charge is -2.18. The van der Waals surface area contributed by atoms with Crippen LogP contribution in [0.4, 0.5) is 0 Å². The van der Waals surface area contributed by atoms with Gasteiger partial charge in [-0.25, -0.2) is 15.4 Å². The summed E-state index contributed by atoms with van der Waals surface area (Å²) in [5.41, 5.74) is 5.28. The number of rotatable bonds is 3. The molecule has 1 atom stereocenters. The third kappa shape index (κ3) is 2.65. The van der Waals surface area contributed by atoms with Crippen molar-refractivity contribution in [2.24, 2.45) is 5.84 Å². The lowest BCUT2D eigenvalue weighted by atomic mass is 9.98. The molecule has 0 bridgehead atoms. The van der Waals surface area contributed by atoms with Crippen LogP contribution in [0.3, 0.4) is 0 Å². The van der Waals surface area contributed by atoms with Crippen LogP contribution < -0.4 is 11.3 Å². The van der Waals surface area contributed by atoms with Crippen molar-refractivity contribution in [3.05, 3.63) is 35.9 Å². The van der Waals surface area contributed by atoms with E-state index < -0.39 is 0 Å². The second-order valence-electron chi connectivity index (χ2n) is 4.15. The van der Waals surface area contributed by atoms with Crippen molar-refractivity contribution in [3.8, 4) is 0 Å². The predicted molar refractivity (Wildman–Crippen MR) is 63.3 cm³/mol. The van der Waals surface area contributed by atoms with Crippen molar-refractivity contribution in [2.45, 2.75) is 38.1 Å². The van der Waals surface area contributed by atoms with E-state index in [0.717, 1.165) is 18.4 Å².